The summed E-state index contributed by atoms with van der Waals surface area (Å²) >= 11 is 0. The van der Waals surface area contributed by atoms with Crippen molar-refractivity contribution < 1.29 is 5.11 Å². The number of rotatable bonds is 1. The highest BCUT2D eigenvalue weighted by molar-refractivity contribution is 5.40. The number of aliphatic hydroxyl groups is 1. The number of fused-ring (bicyclic) bond motifs is 1. The summed E-state index contributed by atoms with van der Waals surface area (Å²) in [6, 6.07) is 5.04. The Balaban J connectivity index is 1.94. The smallest absolute Gasteiger partial charge is 0.0926 e. The van der Waals surface area contributed by atoms with Gasteiger partial charge in [0.15, 0.2) is 0 Å². The standard InChI is InChI=1S/C17H25NO/c1-12-9-14(3)16(10-13(12)2)17(19)6-8-18-7-4-5-15(18)11-17/h9-10,15,19H,4-8,11H2,1-3H3. The Morgan fingerprint density at radius 2 is 1.84 bits per heavy atom. The van der Waals surface area contributed by atoms with Gasteiger partial charge in [-0.15, -0.1) is 0 Å². The van der Waals surface area contributed by atoms with Crippen LogP contribution in [0.2, 0.25) is 0 Å². The lowest BCUT2D eigenvalue weighted by Gasteiger charge is -2.42. The zero-order chi connectivity index (χ0) is 13.6. The zero-order valence-electron chi connectivity index (χ0n) is 12.4. The van der Waals surface area contributed by atoms with Crippen LogP contribution in [-0.4, -0.2) is 29.1 Å². The van der Waals surface area contributed by atoms with Gasteiger partial charge >= 0.3 is 0 Å². The SMILES string of the molecule is Cc1cc(C)c(C2(O)CCN3CCCC3C2)cc1C. The molecule has 2 fully saturated rings. The molecule has 2 saturated heterocycles. The lowest BCUT2D eigenvalue weighted by Crippen LogP contribution is -2.46. The number of aryl methyl sites for hydroxylation is 3. The molecule has 1 aromatic carbocycles. The average Bonchev–Trinajstić information content (AvgIpc) is 2.80. The van der Waals surface area contributed by atoms with Crippen LogP contribution in [-0.2, 0) is 5.60 Å². The van der Waals surface area contributed by atoms with Gasteiger partial charge in [0.1, 0.15) is 0 Å². The van der Waals surface area contributed by atoms with Crippen molar-refractivity contribution >= 4 is 0 Å². The molecule has 1 aromatic rings. The third-order valence-corrected chi connectivity index (χ3v) is 5.23. The van der Waals surface area contributed by atoms with Crippen LogP contribution in [0.3, 0.4) is 0 Å². The van der Waals surface area contributed by atoms with Gasteiger partial charge < -0.3 is 10.0 Å². The minimum absolute atomic E-state index is 0.597. The molecule has 2 aliphatic rings. The summed E-state index contributed by atoms with van der Waals surface area (Å²) in [5, 5.41) is 11.2. The second kappa shape index (κ2) is 4.60. The van der Waals surface area contributed by atoms with Crippen LogP contribution in [0.5, 0.6) is 0 Å². The van der Waals surface area contributed by atoms with Crippen molar-refractivity contribution in [1.29, 1.82) is 0 Å². The third-order valence-electron chi connectivity index (χ3n) is 5.23. The normalized spacial score (nSPS) is 31.5. The average molecular weight is 259 g/mol. The minimum Gasteiger partial charge on any atom is -0.385 e. The van der Waals surface area contributed by atoms with Crippen molar-refractivity contribution in [3.8, 4) is 0 Å². The van der Waals surface area contributed by atoms with Crippen molar-refractivity contribution in [3.05, 3.63) is 34.4 Å². The second-order valence-corrected chi connectivity index (χ2v) is 6.57. The highest BCUT2D eigenvalue weighted by Crippen LogP contribution is 2.41. The molecule has 2 heteroatoms. The summed E-state index contributed by atoms with van der Waals surface area (Å²) in [6.45, 7) is 8.71. The molecule has 104 valence electrons. The fourth-order valence-corrected chi connectivity index (χ4v) is 3.95. The molecule has 2 aliphatic heterocycles. The number of hydrogen-bond donors (Lipinski definition) is 1. The number of piperidine rings is 1. The van der Waals surface area contributed by atoms with Gasteiger partial charge in [-0.2, -0.15) is 0 Å². The molecule has 1 N–H and O–H groups in total. The van der Waals surface area contributed by atoms with Crippen LogP contribution < -0.4 is 0 Å². The van der Waals surface area contributed by atoms with Crippen molar-refractivity contribution in [3.63, 3.8) is 0 Å². The van der Waals surface area contributed by atoms with E-state index in [0.29, 0.717) is 6.04 Å². The molecular weight excluding hydrogens is 234 g/mol. The highest BCUT2D eigenvalue weighted by Gasteiger charge is 2.41. The van der Waals surface area contributed by atoms with Crippen molar-refractivity contribution in [2.75, 3.05) is 13.1 Å². The van der Waals surface area contributed by atoms with E-state index >= 15 is 0 Å². The summed E-state index contributed by atoms with van der Waals surface area (Å²) in [7, 11) is 0. The second-order valence-electron chi connectivity index (χ2n) is 6.57. The Morgan fingerprint density at radius 3 is 2.63 bits per heavy atom. The van der Waals surface area contributed by atoms with Gasteiger partial charge in [0.2, 0.25) is 0 Å². The molecule has 2 nitrogen and oxygen atoms in total. The van der Waals surface area contributed by atoms with Gasteiger partial charge in [-0.1, -0.05) is 12.1 Å². The summed E-state index contributed by atoms with van der Waals surface area (Å²) in [5.41, 5.74) is 4.43. The summed E-state index contributed by atoms with van der Waals surface area (Å²) in [4.78, 5) is 2.56. The van der Waals surface area contributed by atoms with Crippen molar-refractivity contribution in [2.24, 2.45) is 0 Å². The summed E-state index contributed by atoms with van der Waals surface area (Å²) < 4.78 is 0. The van der Waals surface area contributed by atoms with E-state index in [1.165, 1.54) is 41.6 Å². The quantitative estimate of drug-likeness (QED) is 0.838. The summed E-state index contributed by atoms with van der Waals surface area (Å²) in [5.74, 6) is 0. The van der Waals surface area contributed by atoms with E-state index in [2.05, 4.69) is 37.8 Å². The van der Waals surface area contributed by atoms with Gasteiger partial charge in [-0.3, -0.25) is 0 Å². The molecule has 2 unspecified atom stereocenters. The number of hydrogen-bond acceptors (Lipinski definition) is 2. The predicted octanol–water partition coefficient (Wildman–Crippen LogP) is 3.06. The molecule has 0 radical (unpaired) electrons. The first-order chi connectivity index (χ1) is 8.99. The summed E-state index contributed by atoms with van der Waals surface area (Å²) in [6.07, 6.45) is 4.35. The van der Waals surface area contributed by atoms with Crippen LogP contribution >= 0.6 is 0 Å². The first kappa shape index (κ1) is 13.1. The monoisotopic (exact) mass is 259 g/mol. The lowest BCUT2D eigenvalue weighted by atomic mass is 9.78. The maximum atomic E-state index is 11.2. The van der Waals surface area contributed by atoms with E-state index in [4.69, 9.17) is 0 Å². The molecule has 2 atom stereocenters. The molecule has 0 saturated carbocycles. The molecule has 2 heterocycles. The maximum absolute atomic E-state index is 11.2. The molecule has 0 aromatic heterocycles. The number of benzene rings is 1. The van der Waals surface area contributed by atoms with Gasteiger partial charge in [0.25, 0.3) is 0 Å². The van der Waals surface area contributed by atoms with Crippen LogP contribution in [0.4, 0.5) is 0 Å². The largest absolute Gasteiger partial charge is 0.385 e. The van der Waals surface area contributed by atoms with Crippen LogP contribution in [0, 0.1) is 20.8 Å². The third kappa shape index (κ3) is 2.21. The Labute approximate surface area is 116 Å². The van der Waals surface area contributed by atoms with Crippen molar-refractivity contribution in [2.45, 2.75) is 58.1 Å². The molecule has 0 aliphatic carbocycles. The maximum Gasteiger partial charge on any atom is 0.0926 e. The first-order valence-corrected chi connectivity index (χ1v) is 7.54. The van der Waals surface area contributed by atoms with Gasteiger partial charge in [0, 0.05) is 12.6 Å². The molecule has 19 heavy (non-hydrogen) atoms. The van der Waals surface area contributed by atoms with E-state index in [0.717, 1.165) is 19.4 Å². The molecule has 0 amide bonds. The highest BCUT2D eigenvalue weighted by atomic mass is 16.3. The molecular formula is C17H25NO. The van der Waals surface area contributed by atoms with Gasteiger partial charge in [-0.25, -0.2) is 0 Å². The van der Waals surface area contributed by atoms with Crippen LogP contribution in [0.1, 0.15) is 47.9 Å². The topological polar surface area (TPSA) is 23.5 Å². The zero-order valence-corrected chi connectivity index (χ0v) is 12.4. The van der Waals surface area contributed by atoms with Crippen LogP contribution in [0.15, 0.2) is 12.1 Å². The van der Waals surface area contributed by atoms with E-state index < -0.39 is 5.60 Å². The molecule has 0 spiro atoms. The van der Waals surface area contributed by atoms with Gasteiger partial charge in [0.05, 0.1) is 5.60 Å². The Kier molecular flexibility index (Phi) is 3.18. The fraction of sp³-hybridized carbons (Fsp3) is 0.647. The first-order valence-electron chi connectivity index (χ1n) is 7.54. The molecule has 0 bridgehead atoms. The van der Waals surface area contributed by atoms with E-state index in [-0.39, 0.29) is 0 Å². The Bertz CT molecular complexity index is 496. The van der Waals surface area contributed by atoms with Crippen molar-refractivity contribution in [1.82, 2.24) is 4.90 Å². The van der Waals surface area contributed by atoms with E-state index in [1.807, 2.05) is 0 Å². The van der Waals surface area contributed by atoms with E-state index in [9.17, 15) is 5.11 Å². The Morgan fingerprint density at radius 1 is 1.11 bits per heavy atom. The Hall–Kier alpha value is -0.860. The molecule has 3 rings (SSSR count). The fourth-order valence-electron chi connectivity index (χ4n) is 3.95. The van der Waals surface area contributed by atoms with Crippen LogP contribution in [0.25, 0.3) is 0 Å². The van der Waals surface area contributed by atoms with Gasteiger partial charge in [-0.05, 0) is 75.3 Å². The van der Waals surface area contributed by atoms with E-state index in [1.54, 1.807) is 0 Å². The lowest BCUT2D eigenvalue weighted by molar-refractivity contribution is -0.0413. The minimum atomic E-state index is -0.603. The predicted molar refractivity (Wildman–Crippen MR) is 78.4 cm³/mol. The number of nitrogens with zero attached hydrogens (tertiary/aromatic N) is 1.